The second kappa shape index (κ2) is 4.63. The van der Waals surface area contributed by atoms with Crippen LogP contribution in [0.1, 0.15) is 24.3 Å². The van der Waals surface area contributed by atoms with Gasteiger partial charge in [-0.1, -0.05) is 29.8 Å². The van der Waals surface area contributed by atoms with Crippen molar-refractivity contribution < 1.29 is 0 Å². The fraction of sp³-hybridized carbons (Fsp3) is 0.357. The molecule has 3 rings (SSSR count). The summed E-state index contributed by atoms with van der Waals surface area (Å²) < 4.78 is 0. The average molecular weight is 247 g/mol. The number of fused-ring (bicyclic) bond motifs is 1. The Morgan fingerprint density at radius 3 is 2.76 bits per heavy atom. The van der Waals surface area contributed by atoms with Gasteiger partial charge in [0, 0.05) is 5.39 Å². The van der Waals surface area contributed by atoms with Crippen molar-refractivity contribution in [2.24, 2.45) is 0 Å². The van der Waals surface area contributed by atoms with E-state index >= 15 is 0 Å². The minimum Gasteiger partial charge on any atom is -0.317 e. The number of nitrogens with zero attached hydrogens (tertiary/aromatic N) is 1. The summed E-state index contributed by atoms with van der Waals surface area (Å²) in [5, 5.41) is 5.17. The van der Waals surface area contributed by atoms with Crippen molar-refractivity contribution >= 4 is 22.5 Å². The van der Waals surface area contributed by atoms with Crippen LogP contribution >= 0.6 is 11.6 Å². The number of hydrogen-bond donors (Lipinski definition) is 1. The molecule has 0 unspecified atom stereocenters. The molecule has 2 nitrogen and oxygen atoms in total. The number of pyridine rings is 1. The first-order valence-corrected chi connectivity index (χ1v) is 6.48. The number of benzene rings is 1. The molecule has 2 aromatic rings. The third-order valence-corrected chi connectivity index (χ3v) is 3.71. The van der Waals surface area contributed by atoms with Gasteiger partial charge in [-0.3, -0.25) is 0 Å². The maximum Gasteiger partial charge on any atom is 0.129 e. The largest absolute Gasteiger partial charge is 0.317 e. The van der Waals surface area contributed by atoms with E-state index < -0.39 is 0 Å². The first-order valence-electron chi connectivity index (χ1n) is 6.10. The van der Waals surface area contributed by atoms with Gasteiger partial charge in [0.05, 0.1) is 5.52 Å². The molecular formula is C14H15ClN2. The van der Waals surface area contributed by atoms with Gasteiger partial charge in [0.2, 0.25) is 0 Å². The Morgan fingerprint density at radius 1 is 1.12 bits per heavy atom. The fourth-order valence-electron chi connectivity index (χ4n) is 2.61. The van der Waals surface area contributed by atoms with Gasteiger partial charge in [0.25, 0.3) is 0 Å². The van der Waals surface area contributed by atoms with E-state index in [1.807, 2.05) is 6.07 Å². The highest BCUT2D eigenvalue weighted by atomic mass is 35.5. The Kier molecular flexibility index (Phi) is 3.00. The van der Waals surface area contributed by atoms with Crippen LogP contribution in [-0.4, -0.2) is 18.1 Å². The molecule has 1 aromatic carbocycles. The van der Waals surface area contributed by atoms with Gasteiger partial charge in [-0.25, -0.2) is 4.98 Å². The van der Waals surface area contributed by atoms with Crippen LogP contribution in [0.3, 0.4) is 0 Å². The maximum atomic E-state index is 6.01. The highest BCUT2D eigenvalue weighted by molar-refractivity contribution is 6.29. The molecule has 2 heterocycles. The van der Waals surface area contributed by atoms with E-state index in [4.69, 9.17) is 11.6 Å². The van der Waals surface area contributed by atoms with Crippen molar-refractivity contribution in [1.82, 2.24) is 10.3 Å². The third-order valence-electron chi connectivity index (χ3n) is 3.50. The lowest BCUT2D eigenvalue weighted by Gasteiger charge is -2.23. The molecule has 0 saturated carbocycles. The predicted octanol–water partition coefficient (Wildman–Crippen LogP) is 3.36. The molecule has 0 bridgehead atoms. The normalized spacial score (nSPS) is 17.5. The van der Waals surface area contributed by atoms with Crippen molar-refractivity contribution in [3.05, 3.63) is 41.0 Å². The molecule has 1 aromatic heterocycles. The van der Waals surface area contributed by atoms with Crippen molar-refractivity contribution in [1.29, 1.82) is 0 Å². The molecule has 1 N–H and O–H groups in total. The maximum absolute atomic E-state index is 6.01. The molecule has 1 saturated heterocycles. The van der Waals surface area contributed by atoms with E-state index in [-0.39, 0.29) is 0 Å². The van der Waals surface area contributed by atoms with Crippen molar-refractivity contribution in [2.45, 2.75) is 18.8 Å². The zero-order valence-corrected chi connectivity index (χ0v) is 10.4. The van der Waals surface area contributed by atoms with Gasteiger partial charge in [0.15, 0.2) is 0 Å². The standard InChI is InChI=1S/C14H15ClN2/c15-13-5-4-11-2-1-3-12(14(11)17-13)10-6-8-16-9-7-10/h1-5,10,16H,6-9H2. The molecule has 1 aliphatic heterocycles. The second-order valence-corrected chi connectivity index (χ2v) is 4.96. The van der Waals surface area contributed by atoms with Crippen LogP contribution in [0.5, 0.6) is 0 Å². The van der Waals surface area contributed by atoms with E-state index in [0.29, 0.717) is 11.1 Å². The molecule has 17 heavy (non-hydrogen) atoms. The van der Waals surface area contributed by atoms with E-state index in [1.165, 1.54) is 23.8 Å². The Labute approximate surface area is 106 Å². The lowest BCUT2D eigenvalue weighted by molar-refractivity contribution is 0.462. The van der Waals surface area contributed by atoms with Gasteiger partial charge < -0.3 is 5.32 Å². The molecule has 88 valence electrons. The average Bonchev–Trinajstić information content (AvgIpc) is 2.39. The number of hydrogen-bond acceptors (Lipinski definition) is 2. The summed E-state index contributed by atoms with van der Waals surface area (Å²) in [6.45, 7) is 2.20. The molecular weight excluding hydrogens is 232 g/mol. The van der Waals surface area contributed by atoms with Crippen molar-refractivity contribution in [3.63, 3.8) is 0 Å². The van der Waals surface area contributed by atoms with Gasteiger partial charge in [-0.2, -0.15) is 0 Å². The van der Waals surface area contributed by atoms with E-state index in [1.54, 1.807) is 0 Å². The topological polar surface area (TPSA) is 24.9 Å². The molecule has 0 radical (unpaired) electrons. The molecule has 0 amide bonds. The Balaban J connectivity index is 2.11. The van der Waals surface area contributed by atoms with E-state index in [9.17, 15) is 0 Å². The number of halogens is 1. The van der Waals surface area contributed by atoms with Gasteiger partial charge in [0.1, 0.15) is 5.15 Å². The first kappa shape index (κ1) is 11.0. The molecule has 0 aliphatic carbocycles. The second-order valence-electron chi connectivity index (χ2n) is 4.58. The van der Waals surface area contributed by atoms with Gasteiger partial charge in [-0.05, 0) is 49.5 Å². The summed E-state index contributed by atoms with van der Waals surface area (Å²) >= 11 is 6.01. The monoisotopic (exact) mass is 246 g/mol. The molecule has 0 atom stereocenters. The summed E-state index contributed by atoms with van der Waals surface area (Å²) in [5.41, 5.74) is 2.43. The smallest absolute Gasteiger partial charge is 0.129 e. The number of nitrogens with one attached hydrogen (secondary N) is 1. The lowest BCUT2D eigenvalue weighted by atomic mass is 9.89. The van der Waals surface area contributed by atoms with Crippen LogP contribution in [0.25, 0.3) is 10.9 Å². The van der Waals surface area contributed by atoms with Crippen LogP contribution in [0, 0.1) is 0 Å². The highest BCUT2D eigenvalue weighted by Gasteiger charge is 2.17. The minimum absolute atomic E-state index is 0.582. The quantitative estimate of drug-likeness (QED) is 0.781. The van der Waals surface area contributed by atoms with Gasteiger partial charge in [-0.15, -0.1) is 0 Å². The summed E-state index contributed by atoms with van der Waals surface area (Å²) in [6.07, 6.45) is 2.38. The molecule has 1 fully saturated rings. The zero-order chi connectivity index (χ0) is 11.7. The summed E-state index contributed by atoms with van der Waals surface area (Å²) in [6, 6.07) is 10.3. The number of piperidine rings is 1. The van der Waals surface area contributed by atoms with E-state index in [2.05, 4.69) is 34.6 Å². The Hall–Kier alpha value is -1.12. The Morgan fingerprint density at radius 2 is 1.94 bits per heavy atom. The number of aromatic nitrogens is 1. The highest BCUT2D eigenvalue weighted by Crippen LogP contribution is 2.30. The first-order chi connectivity index (χ1) is 8.34. The Bertz CT molecular complexity index is 533. The fourth-order valence-corrected chi connectivity index (χ4v) is 2.76. The van der Waals surface area contributed by atoms with Crippen LogP contribution in [-0.2, 0) is 0 Å². The summed E-state index contributed by atoms with van der Waals surface area (Å²) in [4.78, 5) is 4.50. The SMILES string of the molecule is Clc1ccc2cccc(C3CCNCC3)c2n1. The lowest BCUT2D eigenvalue weighted by Crippen LogP contribution is -2.26. The van der Waals surface area contributed by atoms with Crippen LogP contribution in [0.15, 0.2) is 30.3 Å². The van der Waals surface area contributed by atoms with Crippen LogP contribution in [0.2, 0.25) is 5.15 Å². The zero-order valence-electron chi connectivity index (χ0n) is 9.62. The number of para-hydroxylation sites is 1. The van der Waals surface area contributed by atoms with E-state index in [0.717, 1.165) is 18.6 Å². The van der Waals surface area contributed by atoms with Crippen molar-refractivity contribution in [2.75, 3.05) is 13.1 Å². The van der Waals surface area contributed by atoms with Gasteiger partial charge >= 0.3 is 0 Å². The molecule has 0 spiro atoms. The molecule has 3 heteroatoms. The van der Waals surface area contributed by atoms with Crippen molar-refractivity contribution in [3.8, 4) is 0 Å². The molecule has 1 aliphatic rings. The minimum atomic E-state index is 0.582. The summed E-state index contributed by atoms with van der Waals surface area (Å²) in [5.74, 6) is 0.617. The third kappa shape index (κ3) is 2.15. The summed E-state index contributed by atoms with van der Waals surface area (Å²) in [7, 11) is 0. The van der Waals surface area contributed by atoms with Crippen LogP contribution < -0.4 is 5.32 Å². The predicted molar refractivity (Wildman–Crippen MR) is 71.6 cm³/mol. The number of rotatable bonds is 1. The van der Waals surface area contributed by atoms with Crippen LogP contribution in [0.4, 0.5) is 0 Å².